The lowest BCUT2D eigenvalue weighted by Crippen LogP contribution is -2.39. The van der Waals surface area contributed by atoms with E-state index in [9.17, 15) is 19.2 Å². The first-order chi connectivity index (χ1) is 14.5. The van der Waals surface area contributed by atoms with Crippen LogP contribution in [0.5, 0.6) is 0 Å². The maximum absolute atomic E-state index is 14.6. The molecule has 1 N–H and O–H groups in total. The van der Waals surface area contributed by atoms with Gasteiger partial charge in [-0.3, -0.25) is 4.79 Å². The van der Waals surface area contributed by atoms with E-state index in [0.29, 0.717) is 25.1 Å². The minimum absolute atomic E-state index is 0.243. The van der Waals surface area contributed by atoms with Crippen molar-refractivity contribution in [1.29, 1.82) is 5.26 Å². The zero-order valence-corrected chi connectivity index (χ0v) is 18.5. The van der Waals surface area contributed by atoms with Crippen molar-refractivity contribution in [3.63, 3.8) is 0 Å². The summed E-state index contributed by atoms with van der Waals surface area (Å²) in [6.45, 7) is 5.71. The molecule has 2 amide bonds. The first-order valence-electron chi connectivity index (χ1n) is 9.93. The Hall–Kier alpha value is -3.41. The first-order valence-corrected chi connectivity index (χ1v) is 9.93. The van der Waals surface area contributed by atoms with Gasteiger partial charge in [0.15, 0.2) is 5.83 Å². The number of carbonyl (C=O) groups is 2. The van der Waals surface area contributed by atoms with Gasteiger partial charge < -0.3 is 19.9 Å². The maximum Gasteiger partial charge on any atom is 0.410 e. The molecular formula is C22H28FN5O3. The molecule has 1 aromatic carbocycles. The molecule has 8 nitrogen and oxygen atoms in total. The second-order valence-corrected chi connectivity index (χ2v) is 8.40. The van der Waals surface area contributed by atoms with Crippen molar-refractivity contribution in [3.8, 4) is 6.07 Å². The molecule has 0 aromatic heterocycles. The average molecular weight is 429 g/mol. The Bertz CT molecular complexity index is 928. The van der Waals surface area contributed by atoms with Gasteiger partial charge in [-0.1, -0.05) is 0 Å². The highest BCUT2D eigenvalue weighted by Crippen LogP contribution is 2.25. The van der Waals surface area contributed by atoms with Gasteiger partial charge in [-0.25, -0.2) is 14.2 Å². The molecule has 2 rings (SSSR count). The van der Waals surface area contributed by atoms with E-state index in [0.717, 1.165) is 6.08 Å². The van der Waals surface area contributed by atoms with Crippen LogP contribution in [0, 0.1) is 11.3 Å². The van der Waals surface area contributed by atoms with Crippen molar-refractivity contribution in [2.24, 2.45) is 4.99 Å². The van der Waals surface area contributed by atoms with Crippen LogP contribution in [0.4, 0.5) is 20.6 Å². The Morgan fingerprint density at radius 2 is 2.10 bits per heavy atom. The summed E-state index contributed by atoms with van der Waals surface area (Å²) in [7, 11) is 3.60. The van der Waals surface area contributed by atoms with Crippen LogP contribution in [0.1, 0.15) is 39.2 Å². The second-order valence-electron chi connectivity index (χ2n) is 8.40. The number of aliphatic imine (C=N–C) groups is 1. The number of halogens is 1. The van der Waals surface area contributed by atoms with Gasteiger partial charge in [-0.15, -0.1) is 0 Å². The fourth-order valence-electron chi connectivity index (χ4n) is 2.94. The Morgan fingerprint density at radius 3 is 2.71 bits per heavy atom. The number of rotatable bonds is 5. The van der Waals surface area contributed by atoms with Gasteiger partial charge in [-0.2, -0.15) is 5.26 Å². The Labute approximate surface area is 182 Å². The third-order valence-electron chi connectivity index (χ3n) is 4.29. The first kappa shape index (κ1) is 23.9. The van der Waals surface area contributed by atoms with Crippen molar-refractivity contribution in [2.45, 2.75) is 45.3 Å². The van der Waals surface area contributed by atoms with Gasteiger partial charge in [0.2, 0.25) is 0 Å². The van der Waals surface area contributed by atoms with Gasteiger partial charge in [-0.05, 0) is 57.9 Å². The number of nitrogens with one attached hydrogen (secondary N) is 1. The Morgan fingerprint density at radius 1 is 1.39 bits per heavy atom. The molecule has 1 saturated heterocycles. The molecule has 0 aliphatic carbocycles. The molecule has 1 aliphatic rings. The molecule has 1 aliphatic heterocycles. The average Bonchev–Trinajstić information content (AvgIpc) is 3.13. The molecular weight excluding hydrogens is 401 g/mol. The number of hydrogen-bond acceptors (Lipinski definition) is 5. The normalized spacial score (nSPS) is 16.9. The monoisotopic (exact) mass is 429 g/mol. The lowest BCUT2D eigenvalue weighted by atomic mass is 10.1. The molecule has 1 heterocycles. The topological polar surface area (TPSA) is 98.0 Å². The van der Waals surface area contributed by atoms with Crippen molar-refractivity contribution in [2.75, 3.05) is 26.0 Å². The van der Waals surface area contributed by atoms with E-state index in [1.54, 1.807) is 52.2 Å². The standard InChI is InChI=1S/C22H28FN5O3/c1-22(2,3)31-21(30)28-10-6-7-17(28)12-18(23)20(29)26-16-8-9-19(15(11-16)13-24)25-14-27(4)5/h8-9,11-12,14,17H,6-7,10H2,1-5H3,(H,26,29)/b18-12-,25-14+/t17-/m1/s1. The fourth-order valence-corrected chi connectivity index (χ4v) is 2.94. The molecule has 166 valence electrons. The van der Waals surface area contributed by atoms with Crippen molar-refractivity contribution < 1.29 is 18.7 Å². The number of carbonyl (C=O) groups excluding carboxylic acids is 2. The Kier molecular flexibility index (Phi) is 7.75. The summed E-state index contributed by atoms with van der Waals surface area (Å²) >= 11 is 0. The van der Waals surface area contributed by atoms with Gasteiger partial charge in [0.1, 0.15) is 11.7 Å². The zero-order chi connectivity index (χ0) is 23.2. The highest BCUT2D eigenvalue weighted by Gasteiger charge is 2.32. The molecule has 0 spiro atoms. The van der Waals surface area contributed by atoms with Crippen LogP contribution in [0.3, 0.4) is 0 Å². The highest BCUT2D eigenvalue weighted by molar-refractivity contribution is 6.02. The Balaban J connectivity index is 2.10. The van der Waals surface area contributed by atoms with Gasteiger partial charge >= 0.3 is 6.09 Å². The van der Waals surface area contributed by atoms with E-state index in [1.165, 1.54) is 17.0 Å². The van der Waals surface area contributed by atoms with E-state index < -0.39 is 29.5 Å². The highest BCUT2D eigenvalue weighted by atomic mass is 19.1. The third-order valence-corrected chi connectivity index (χ3v) is 4.29. The van der Waals surface area contributed by atoms with E-state index in [2.05, 4.69) is 10.3 Å². The maximum atomic E-state index is 14.6. The third kappa shape index (κ3) is 7.10. The quantitative estimate of drug-likeness (QED) is 0.434. The van der Waals surface area contributed by atoms with Gasteiger partial charge in [0.05, 0.1) is 23.6 Å². The lowest BCUT2D eigenvalue weighted by Gasteiger charge is -2.27. The number of hydrogen-bond donors (Lipinski definition) is 1. The van der Waals surface area contributed by atoms with Crippen LogP contribution in [0.2, 0.25) is 0 Å². The largest absolute Gasteiger partial charge is 0.444 e. The van der Waals surface area contributed by atoms with E-state index in [1.807, 2.05) is 6.07 Å². The van der Waals surface area contributed by atoms with E-state index >= 15 is 0 Å². The molecule has 9 heteroatoms. The smallest absolute Gasteiger partial charge is 0.410 e. The van der Waals surface area contributed by atoms with Crippen molar-refractivity contribution in [3.05, 3.63) is 35.7 Å². The van der Waals surface area contributed by atoms with Crippen LogP contribution < -0.4 is 5.32 Å². The summed E-state index contributed by atoms with van der Waals surface area (Å²) in [6, 6.07) is 5.98. The van der Waals surface area contributed by atoms with Gasteiger partial charge in [0, 0.05) is 26.3 Å². The van der Waals surface area contributed by atoms with Crippen molar-refractivity contribution >= 4 is 29.7 Å². The SMILES string of the molecule is CN(C)/C=N/c1ccc(NC(=O)/C(F)=C/[C@H]2CCCN2C(=O)OC(C)(C)C)cc1C#N. The van der Waals surface area contributed by atoms with Crippen LogP contribution in [-0.4, -0.2) is 60.4 Å². The molecule has 0 saturated carbocycles. The van der Waals surface area contributed by atoms with Crippen molar-refractivity contribution in [1.82, 2.24) is 9.80 Å². The van der Waals surface area contributed by atoms with Crippen LogP contribution in [0.25, 0.3) is 0 Å². The van der Waals surface area contributed by atoms with Crippen LogP contribution in [0.15, 0.2) is 35.1 Å². The predicted octanol–water partition coefficient (Wildman–Crippen LogP) is 3.97. The summed E-state index contributed by atoms with van der Waals surface area (Å²) in [4.78, 5) is 31.9. The molecule has 0 radical (unpaired) electrons. The second kappa shape index (κ2) is 10.1. The number of anilines is 1. The molecule has 1 fully saturated rings. The lowest BCUT2D eigenvalue weighted by molar-refractivity contribution is -0.114. The summed E-state index contributed by atoms with van der Waals surface area (Å²) in [5.41, 5.74) is 0.283. The van der Waals surface area contributed by atoms with Crippen LogP contribution >= 0.6 is 0 Å². The minimum atomic E-state index is -1.01. The van der Waals surface area contributed by atoms with E-state index in [4.69, 9.17) is 4.74 Å². The van der Waals surface area contributed by atoms with E-state index in [-0.39, 0.29) is 11.3 Å². The molecule has 0 bridgehead atoms. The number of amides is 2. The number of nitrogens with zero attached hydrogens (tertiary/aromatic N) is 4. The molecule has 0 unspecified atom stereocenters. The fraction of sp³-hybridized carbons (Fsp3) is 0.455. The minimum Gasteiger partial charge on any atom is -0.444 e. The summed E-state index contributed by atoms with van der Waals surface area (Å²) in [6.07, 6.45) is 3.38. The predicted molar refractivity (Wildman–Crippen MR) is 117 cm³/mol. The molecule has 1 aromatic rings. The summed E-state index contributed by atoms with van der Waals surface area (Å²) < 4.78 is 19.9. The number of ether oxygens (including phenoxy) is 1. The molecule has 1 atom stereocenters. The van der Waals surface area contributed by atoms with Gasteiger partial charge in [0.25, 0.3) is 5.91 Å². The van der Waals surface area contributed by atoms with Crippen LogP contribution in [-0.2, 0) is 9.53 Å². The summed E-state index contributed by atoms with van der Waals surface area (Å²) in [5, 5.41) is 11.8. The zero-order valence-electron chi connectivity index (χ0n) is 18.5. The number of likely N-dealkylation sites (tertiary alicyclic amines) is 1. The summed E-state index contributed by atoms with van der Waals surface area (Å²) in [5.74, 6) is -1.96. The number of benzene rings is 1. The molecule has 31 heavy (non-hydrogen) atoms. The number of nitriles is 1.